The molecular formula is C114H66N10OS3. The van der Waals surface area contributed by atoms with Crippen molar-refractivity contribution in [1.29, 1.82) is 0 Å². The quantitative estimate of drug-likeness (QED) is 0.134. The number of furan rings is 1. The molecule has 0 aliphatic heterocycles. The van der Waals surface area contributed by atoms with E-state index in [0.29, 0.717) is 34.9 Å². The largest absolute Gasteiger partial charge is 0.456 e. The van der Waals surface area contributed by atoms with Crippen molar-refractivity contribution < 1.29 is 4.42 Å². The number of fused-ring (bicyclic) bond motifs is 24. The maximum atomic E-state index is 6.48. The fraction of sp³-hybridized carbons (Fsp3) is 0. The highest BCUT2D eigenvalue weighted by Crippen LogP contribution is 2.49. The van der Waals surface area contributed by atoms with Crippen LogP contribution in [-0.2, 0) is 0 Å². The summed E-state index contributed by atoms with van der Waals surface area (Å²) in [5.41, 5.74) is 21.2. The van der Waals surface area contributed by atoms with Crippen LogP contribution >= 0.6 is 34.0 Å². The number of nitrogens with zero attached hydrogens (tertiary/aromatic N) is 10. The summed E-state index contributed by atoms with van der Waals surface area (Å²) >= 11 is 5.55. The van der Waals surface area contributed by atoms with E-state index in [4.69, 9.17) is 34.3 Å². The predicted molar refractivity (Wildman–Crippen MR) is 536 cm³/mol. The van der Waals surface area contributed by atoms with Crippen LogP contribution in [0.1, 0.15) is 0 Å². The van der Waals surface area contributed by atoms with Gasteiger partial charge in [0, 0.05) is 160 Å². The molecule has 0 fully saturated rings. The van der Waals surface area contributed by atoms with E-state index in [1.165, 1.54) is 132 Å². The topological polar surface area (TPSA) is 110 Å². The number of rotatable bonds is 10. The van der Waals surface area contributed by atoms with E-state index in [-0.39, 0.29) is 0 Å². The van der Waals surface area contributed by atoms with Crippen LogP contribution in [0, 0.1) is 0 Å². The smallest absolute Gasteiger partial charge is 0.165 e. The van der Waals surface area contributed by atoms with Gasteiger partial charge in [-0.2, -0.15) is 0 Å². The van der Waals surface area contributed by atoms with Gasteiger partial charge in [-0.05, 0) is 146 Å². The highest BCUT2D eigenvalue weighted by Gasteiger charge is 2.26. The van der Waals surface area contributed by atoms with Crippen molar-refractivity contribution in [2.24, 2.45) is 0 Å². The number of hydrogen-bond acceptors (Lipinski definition) is 10. The molecule has 0 N–H and O–H groups in total. The maximum absolute atomic E-state index is 6.48. The van der Waals surface area contributed by atoms with Crippen LogP contribution in [-0.4, -0.2) is 48.2 Å². The lowest BCUT2D eigenvalue weighted by Gasteiger charge is -2.11. The molecule has 0 aliphatic carbocycles. The molecule has 28 rings (SSSR count). The van der Waals surface area contributed by atoms with Gasteiger partial charge in [-0.3, -0.25) is 0 Å². The third-order valence-electron chi connectivity index (χ3n) is 25.5. The molecule has 28 aromatic rings. The molecule has 0 saturated heterocycles. The Morgan fingerprint density at radius 3 is 0.992 bits per heavy atom. The molecule has 0 aliphatic rings. The first kappa shape index (κ1) is 72.1. The molecule has 18 aromatic carbocycles. The zero-order valence-corrected chi connectivity index (χ0v) is 70.7. The van der Waals surface area contributed by atoms with Crippen LogP contribution in [0.5, 0.6) is 0 Å². The highest BCUT2D eigenvalue weighted by molar-refractivity contribution is 7.27. The summed E-state index contributed by atoms with van der Waals surface area (Å²) in [6, 6.07) is 143. The van der Waals surface area contributed by atoms with Crippen LogP contribution in [0.3, 0.4) is 0 Å². The summed E-state index contributed by atoms with van der Waals surface area (Å²) in [6.45, 7) is 0. The molecule has 0 spiro atoms. The number of thiophene rings is 3. The van der Waals surface area contributed by atoms with Crippen molar-refractivity contribution >= 4 is 204 Å². The average Bonchev–Trinajstić information content (AvgIpc) is 1.57. The highest BCUT2D eigenvalue weighted by atomic mass is 32.1. The molecule has 10 aromatic heterocycles. The normalized spacial score (nSPS) is 12.1. The summed E-state index contributed by atoms with van der Waals surface area (Å²) in [7, 11) is 0. The van der Waals surface area contributed by atoms with Gasteiger partial charge in [0.15, 0.2) is 34.9 Å². The Hall–Kier alpha value is -16.4. The van der Waals surface area contributed by atoms with E-state index in [9.17, 15) is 0 Å². The lowest BCUT2D eigenvalue weighted by Crippen LogP contribution is -2.00. The van der Waals surface area contributed by atoms with Crippen molar-refractivity contribution in [3.8, 4) is 91.1 Å². The summed E-state index contributed by atoms with van der Waals surface area (Å²) in [5, 5.41) is 19.5. The van der Waals surface area contributed by atoms with E-state index in [0.717, 1.165) is 93.8 Å². The summed E-state index contributed by atoms with van der Waals surface area (Å²) in [4.78, 5) is 30.2. The van der Waals surface area contributed by atoms with Crippen molar-refractivity contribution in [2.45, 2.75) is 0 Å². The number of benzene rings is 18. The second-order valence-electron chi connectivity index (χ2n) is 32.7. The molecule has 0 radical (unpaired) electrons. The van der Waals surface area contributed by atoms with E-state index >= 15 is 0 Å². The first-order valence-electron chi connectivity index (χ1n) is 42.9. The predicted octanol–water partition coefficient (Wildman–Crippen LogP) is 31.1. The van der Waals surface area contributed by atoms with Gasteiger partial charge >= 0.3 is 0 Å². The zero-order valence-electron chi connectivity index (χ0n) is 68.2. The monoisotopic (exact) mass is 1690 g/mol. The fourth-order valence-electron chi connectivity index (χ4n) is 19.7. The molecule has 10 heterocycles. The van der Waals surface area contributed by atoms with Gasteiger partial charge in [0.1, 0.15) is 11.2 Å². The first-order chi connectivity index (χ1) is 63.4. The van der Waals surface area contributed by atoms with E-state index in [1.807, 2.05) is 143 Å². The molecule has 596 valence electrons. The van der Waals surface area contributed by atoms with Crippen molar-refractivity contribution in [3.63, 3.8) is 0 Å². The Morgan fingerprint density at radius 1 is 0.180 bits per heavy atom. The molecule has 11 nitrogen and oxygen atoms in total. The van der Waals surface area contributed by atoms with E-state index in [2.05, 4.69) is 309 Å². The van der Waals surface area contributed by atoms with Gasteiger partial charge in [0.05, 0.1) is 54.5 Å². The minimum absolute atomic E-state index is 0.606. The number of aromatic nitrogens is 10. The minimum Gasteiger partial charge on any atom is -0.456 e. The lowest BCUT2D eigenvalue weighted by molar-refractivity contribution is 0.669. The zero-order chi connectivity index (χ0) is 83.8. The Labute approximate surface area is 742 Å². The van der Waals surface area contributed by atoms with E-state index in [1.54, 1.807) is 0 Å². The van der Waals surface area contributed by atoms with E-state index < -0.39 is 0 Å². The van der Waals surface area contributed by atoms with Crippen molar-refractivity contribution in [2.75, 3.05) is 0 Å². The van der Waals surface area contributed by atoms with Gasteiger partial charge < -0.3 is 22.7 Å². The summed E-state index contributed by atoms with van der Waals surface area (Å²) in [6.07, 6.45) is 0. The van der Waals surface area contributed by atoms with Crippen LogP contribution in [0.15, 0.2) is 405 Å². The van der Waals surface area contributed by atoms with Gasteiger partial charge in [0.2, 0.25) is 0 Å². The van der Waals surface area contributed by atoms with Crippen LogP contribution < -0.4 is 0 Å². The first-order valence-corrected chi connectivity index (χ1v) is 45.3. The Kier molecular flexibility index (Phi) is 16.1. The fourth-order valence-corrected chi connectivity index (χ4v) is 23.3. The lowest BCUT2D eigenvalue weighted by atomic mass is 10.1. The summed E-state index contributed by atoms with van der Waals surface area (Å²) in [5.74, 6) is 3.84. The molecule has 0 saturated carbocycles. The number of hydrogen-bond donors (Lipinski definition) is 0. The second kappa shape index (κ2) is 28.6. The Morgan fingerprint density at radius 2 is 0.516 bits per heavy atom. The van der Waals surface area contributed by atoms with Gasteiger partial charge in [0.25, 0.3) is 0 Å². The third-order valence-corrected chi connectivity index (χ3v) is 29.1. The van der Waals surface area contributed by atoms with Crippen molar-refractivity contribution in [3.05, 3.63) is 400 Å². The third kappa shape index (κ3) is 11.4. The Bertz CT molecular complexity index is 9370. The molecule has 0 bridgehead atoms. The molecule has 0 atom stereocenters. The minimum atomic E-state index is 0.606. The molecule has 14 heteroatoms. The van der Waals surface area contributed by atoms with Crippen LogP contribution in [0.2, 0.25) is 0 Å². The molecule has 0 unspecified atom stereocenters. The van der Waals surface area contributed by atoms with Crippen LogP contribution in [0.25, 0.3) is 261 Å². The van der Waals surface area contributed by atoms with Gasteiger partial charge in [-0.15, -0.1) is 34.0 Å². The maximum Gasteiger partial charge on any atom is 0.165 e. The van der Waals surface area contributed by atoms with Gasteiger partial charge in [-0.25, -0.2) is 29.9 Å². The second-order valence-corrected chi connectivity index (χ2v) is 35.9. The van der Waals surface area contributed by atoms with Crippen LogP contribution in [0.4, 0.5) is 0 Å². The summed E-state index contributed by atoms with van der Waals surface area (Å²) < 4.78 is 23.9. The molecule has 128 heavy (non-hydrogen) atoms. The molecular weight excluding hydrogens is 1620 g/mol. The number of para-hydroxylation sites is 4. The van der Waals surface area contributed by atoms with Crippen molar-refractivity contribution in [1.82, 2.24) is 48.2 Å². The Balaban J connectivity index is 0.000000132. The van der Waals surface area contributed by atoms with Gasteiger partial charge in [-0.1, -0.05) is 255 Å². The SMILES string of the molecule is c1ccc(-c2nc(-c3ccccc3)nc(-c3ccc4oc5ccc(-n6c7ccccc7c7cc(-n8c9ccccc9c9cc%10sc%11ccccc%11c%10cc98)ccc76)cc5c4c3)n2)cc1.c1ccc(-c2nc(-c3ccccc3)nc(-c3cccc4c3sc3c(-n5c6ccccc6c6cc(-n7c8ccccc8c8cc9sc%10ccccc%10c9cc87)ccc65)cccc34)n2)cc1. The average molecular weight is 1690 g/mol. The molecule has 0 amide bonds. The standard InChI is InChI=1S/C57H33N5OS.C57H33N5S2/c1-3-13-34(14-4-1)55-58-56(35-15-5-2-6-16-35)60-57(59-55)36-23-27-51-44(29-36)45-31-38(25-28-52(45)63-51)61-47-20-10-7-17-39(47)42-30-37(24-26-49(42)61)62-48-21-11-8-18-40(48)43-33-54-46(32-50(43)62)41-19-9-12-22-53(41)64-54;1-3-15-34(16-4-1)55-58-56(35-17-5-2-6-18-35)60-57(59-55)42-24-13-22-40-41-23-14-27-49(54(41)64-53(40)42)62-47-26-11-8-19-37(47)43-31-36(29-30-48(43)62)61-46-25-10-7-20-38(46)44-33-52-45(32-50(44)61)39-21-9-12-28-51(39)63-52/h2*1-33H.